The molecule has 0 aromatic heterocycles. The van der Waals surface area contributed by atoms with E-state index in [9.17, 15) is 0 Å². The number of rotatable bonds is 6. The van der Waals surface area contributed by atoms with E-state index in [2.05, 4.69) is 62.9 Å². The lowest BCUT2D eigenvalue weighted by Crippen LogP contribution is -2.17. The molecule has 1 heteroatoms. The maximum Gasteiger partial charge on any atom is 0.108 e. The molecule has 1 atom stereocenters. The van der Waals surface area contributed by atoms with E-state index < -0.39 is 0 Å². The summed E-state index contributed by atoms with van der Waals surface area (Å²) in [5.74, 6) is 6.33. The van der Waals surface area contributed by atoms with Gasteiger partial charge in [0.05, 0.1) is 6.10 Å². The van der Waals surface area contributed by atoms with Gasteiger partial charge in [-0.15, -0.1) is 0 Å². The standard InChI is InChI=1S/C24H26O/c1-19-23(24(19,2)3)22(17-16-21-13-8-5-9-14-21)25-18-10-15-20-11-6-4-7-12-20/h4-9,11-14,22H,16-18H2,1-3H3. The average molecular weight is 330 g/mol. The van der Waals surface area contributed by atoms with Crippen molar-refractivity contribution in [3.63, 3.8) is 0 Å². The summed E-state index contributed by atoms with van der Waals surface area (Å²) in [7, 11) is 0. The lowest BCUT2D eigenvalue weighted by atomic mass is 9.98. The van der Waals surface area contributed by atoms with Crippen LogP contribution in [0.4, 0.5) is 0 Å². The molecule has 0 heterocycles. The SMILES string of the molecule is CC1=C(C(CCc2ccccc2)OCC#Cc2ccccc2)C1(C)C. The van der Waals surface area contributed by atoms with Gasteiger partial charge < -0.3 is 4.74 Å². The summed E-state index contributed by atoms with van der Waals surface area (Å²) in [6, 6.07) is 20.7. The van der Waals surface area contributed by atoms with Crippen LogP contribution in [0.25, 0.3) is 0 Å². The summed E-state index contributed by atoms with van der Waals surface area (Å²) in [4.78, 5) is 0. The van der Waals surface area contributed by atoms with E-state index in [4.69, 9.17) is 4.74 Å². The first-order valence-electron chi connectivity index (χ1n) is 9.00. The number of allylic oxidation sites excluding steroid dienone is 1. The van der Waals surface area contributed by atoms with E-state index >= 15 is 0 Å². The second-order valence-electron chi connectivity index (χ2n) is 7.16. The van der Waals surface area contributed by atoms with Crippen LogP contribution in [0, 0.1) is 17.3 Å². The Balaban J connectivity index is 1.61. The molecule has 0 saturated heterocycles. The number of benzene rings is 2. The lowest BCUT2D eigenvalue weighted by molar-refractivity contribution is 0.0961. The first kappa shape index (κ1) is 17.5. The van der Waals surface area contributed by atoms with Gasteiger partial charge in [-0.25, -0.2) is 0 Å². The highest BCUT2D eigenvalue weighted by atomic mass is 16.5. The van der Waals surface area contributed by atoms with Crippen LogP contribution >= 0.6 is 0 Å². The molecule has 0 radical (unpaired) electrons. The normalized spacial score (nSPS) is 16.1. The van der Waals surface area contributed by atoms with Crippen LogP contribution in [0.2, 0.25) is 0 Å². The summed E-state index contributed by atoms with van der Waals surface area (Å²) in [5.41, 5.74) is 5.55. The molecule has 0 aliphatic heterocycles. The highest BCUT2D eigenvalue weighted by Gasteiger charge is 2.45. The van der Waals surface area contributed by atoms with Gasteiger partial charge >= 0.3 is 0 Å². The van der Waals surface area contributed by atoms with Crippen molar-refractivity contribution in [3.8, 4) is 11.8 Å². The fourth-order valence-electron chi connectivity index (χ4n) is 3.39. The Labute approximate surface area is 151 Å². The Hall–Kier alpha value is -2.30. The molecule has 0 amide bonds. The quantitative estimate of drug-likeness (QED) is 0.508. The molecule has 0 fully saturated rings. The maximum atomic E-state index is 6.18. The highest BCUT2D eigenvalue weighted by Crippen LogP contribution is 2.54. The molecule has 2 aromatic rings. The topological polar surface area (TPSA) is 9.23 Å². The third-order valence-corrected chi connectivity index (χ3v) is 5.18. The fraction of sp³-hybridized carbons (Fsp3) is 0.333. The zero-order chi connectivity index (χ0) is 17.7. The number of hydrogen-bond acceptors (Lipinski definition) is 1. The third-order valence-electron chi connectivity index (χ3n) is 5.18. The molecule has 0 saturated carbocycles. The summed E-state index contributed by atoms with van der Waals surface area (Å²) in [6.07, 6.45) is 2.21. The molecule has 1 aliphatic rings. The van der Waals surface area contributed by atoms with E-state index in [0.29, 0.717) is 6.61 Å². The molecule has 0 N–H and O–H groups in total. The number of ether oxygens (including phenoxy) is 1. The van der Waals surface area contributed by atoms with Crippen molar-refractivity contribution in [2.45, 2.75) is 39.7 Å². The Morgan fingerprint density at radius 1 is 0.960 bits per heavy atom. The van der Waals surface area contributed by atoms with Gasteiger partial charge in [-0.2, -0.15) is 0 Å². The molecule has 128 valence electrons. The maximum absolute atomic E-state index is 6.18. The first-order chi connectivity index (χ1) is 12.1. The molecule has 25 heavy (non-hydrogen) atoms. The smallest absolute Gasteiger partial charge is 0.108 e. The monoisotopic (exact) mass is 330 g/mol. The number of hydrogen-bond donors (Lipinski definition) is 0. The van der Waals surface area contributed by atoms with Gasteiger partial charge in [0.2, 0.25) is 0 Å². The number of aryl methyl sites for hydroxylation is 1. The van der Waals surface area contributed by atoms with Crippen molar-refractivity contribution in [2.24, 2.45) is 5.41 Å². The summed E-state index contributed by atoms with van der Waals surface area (Å²) in [6.45, 7) is 7.27. The highest BCUT2D eigenvalue weighted by molar-refractivity contribution is 5.48. The van der Waals surface area contributed by atoms with Gasteiger partial charge in [0.1, 0.15) is 6.61 Å². The van der Waals surface area contributed by atoms with Gasteiger partial charge in [-0.05, 0) is 43.0 Å². The van der Waals surface area contributed by atoms with E-state index in [1.165, 1.54) is 16.7 Å². The molecule has 1 aliphatic carbocycles. The Morgan fingerprint density at radius 2 is 1.56 bits per heavy atom. The summed E-state index contributed by atoms with van der Waals surface area (Å²) < 4.78 is 6.18. The van der Waals surface area contributed by atoms with Crippen molar-refractivity contribution in [2.75, 3.05) is 6.61 Å². The molecule has 1 nitrogen and oxygen atoms in total. The van der Waals surface area contributed by atoms with Gasteiger partial charge in [0.15, 0.2) is 0 Å². The predicted octanol–water partition coefficient (Wildman–Crippen LogP) is 5.41. The minimum absolute atomic E-state index is 0.167. The second-order valence-corrected chi connectivity index (χ2v) is 7.16. The minimum atomic E-state index is 0.167. The molecular formula is C24H26O. The Morgan fingerprint density at radius 3 is 2.16 bits per heavy atom. The van der Waals surface area contributed by atoms with Crippen LogP contribution in [0.3, 0.4) is 0 Å². The van der Waals surface area contributed by atoms with Crippen LogP contribution in [-0.4, -0.2) is 12.7 Å². The zero-order valence-corrected chi connectivity index (χ0v) is 15.4. The fourth-order valence-corrected chi connectivity index (χ4v) is 3.39. The average Bonchev–Trinajstić information content (AvgIpc) is 3.13. The van der Waals surface area contributed by atoms with Crippen LogP contribution in [0.5, 0.6) is 0 Å². The van der Waals surface area contributed by atoms with E-state index in [-0.39, 0.29) is 11.5 Å². The molecular weight excluding hydrogens is 304 g/mol. The van der Waals surface area contributed by atoms with Gasteiger partial charge in [-0.3, -0.25) is 0 Å². The van der Waals surface area contributed by atoms with Crippen molar-refractivity contribution < 1.29 is 4.74 Å². The third kappa shape index (κ3) is 4.41. The Bertz CT molecular complexity index is 788. The van der Waals surface area contributed by atoms with E-state index in [1.54, 1.807) is 0 Å². The van der Waals surface area contributed by atoms with Gasteiger partial charge in [-0.1, -0.05) is 79.8 Å². The lowest BCUT2D eigenvalue weighted by Gasteiger charge is -2.17. The second kappa shape index (κ2) is 7.72. The zero-order valence-electron chi connectivity index (χ0n) is 15.4. The largest absolute Gasteiger partial charge is 0.361 e. The molecule has 0 spiro atoms. The first-order valence-corrected chi connectivity index (χ1v) is 9.00. The summed E-state index contributed by atoms with van der Waals surface area (Å²) in [5, 5.41) is 0. The van der Waals surface area contributed by atoms with Crippen LogP contribution in [-0.2, 0) is 11.2 Å². The van der Waals surface area contributed by atoms with Crippen molar-refractivity contribution in [3.05, 3.63) is 82.9 Å². The van der Waals surface area contributed by atoms with Crippen LogP contribution in [0.15, 0.2) is 71.8 Å². The van der Waals surface area contributed by atoms with Crippen molar-refractivity contribution in [1.29, 1.82) is 0 Å². The van der Waals surface area contributed by atoms with Gasteiger partial charge in [0, 0.05) is 11.0 Å². The van der Waals surface area contributed by atoms with Gasteiger partial charge in [0.25, 0.3) is 0 Å². The van der Waals surface area contributed by atoms with E-state index in [0.717, 1.165) is 18.4 Å². The molecule has 3 rings (SSSR count). The van der Waals surface area contributed by atoms with Crippen molar-refractivity contribution >= 4 is 0 Å². The minimum Gasteiger partial charge on any atom is -0.361 e. The predicted molar refractivity (Wildman–Crippen MR) is 104 cm³/mol. The molecule has 2 aromatic carbocycles. The van der Waals surface area contributed by atoms with Crippen LogP contribution < -0.4 is 0 Å². The Kier molecular flexibility index (Phi) is 5.41. The molecule has 1 unspecified atom stereocenters. The molecule has 0 bridgehead atoms. The summed E-state index contributed by atoms with van der Waals surface area (Å²) >= 11 is 0. The van der Waals surface area contributed by atoms with E-state index in [1.807, 2.05) is 30.3 Å². The van der Waals surface area contributed by atoms with Crippen molar-refractivity contribution in [1.82, 2.24) is 0 Å². The van der Waals surface area contributed by atoms with Crippen LogP contribution in [0.1, 0.15) is 38.3 Å².